The number of rotatable bonds is 4. The third-order valence-corrected chi connectivity index (χ3v) is 4.03. The Kier molecular flexibility index (Phi) is 3.47. The molecule has 20 heavy (non-hydrogen) atoms. The Hall–Kier alpha value is -1.84. The molecule has 1 aromatic rings. The van der Waals surface area contributed by atoms with Crippen LogP contribution in [0.5, 0.6) is 0 Å². The lowest BCUT2D eigenvalue weighted by Gasteiger charge is -2.32. The molecule has 1 N–H and O–H groups in total. The van der Waals surface area contributed by atoms with E-state index >= 15 is 0 Å². The predicted octanol–water partition coefficient (Wildman–Crippen LogP) is 1.88. The molecule has 1 unspecified atom stereocenters. The average molecular weight is 272 g/mol. The highest BCUT2D eigenvalue weighted by molar-refractivity contribution is 6.06. The minimum Gasteiger partial charge on any atom is -0.342 e. The van der Waals surface area contributed by atoms with Gasteiger partial charge in [0.15, 0.2) is 0 Å². The minimum absolute atomic E-state index is 0.0374. The highest BCUT2D eigenvalue weighted by atomic mass is 16.2. The Balaban J connectivity index is 1.80. The molecule has 1 aliphatic carbocycles. The molecular weight excluding hydrogens is 252 g/mol. The molecule has 0 bridgehead atoms. The zero-order valence-corrected chi connectivity index (χ0v) is 11.8. The number of anilines is 1. The Morgan fingerprint density at radius 3 is 2.50 bits per heavy atom. The van der Waals surface area contributed by atoms with Gasteiger partial charge in [0, 0.05) is 5.69 Å². The molecule has 1 heterocycles. The van der Waals surface area contributed by atoms with Crippen molar-refractivity contribution >= 4 is 17.5 Å². The Morgan fingerprint density at radius 2 is 1.90 bits per heavy atom. The van der Waals surface area contributed by atoms with Crippen LogP contribution in [0.25, 0.3) is 0 Å². The summed E-state index contributed by atoms with van der Waals surface area (Å²) in [7, 11) is 0. The number of piperazine rings is 1. The molecule has 0 aromatic heterocycles. The van der Waals surface area contributed by atoms with Gasteiger partial charge in [-0.2, -0.15) is 0 Å². The van der Waals surface area contributed by atoms with Crippen molar-refractivity contribution in [2.75, 3.05) is 11.4 Å². The van der Waals surface area contributed by atoms with Crippen molar-refractivity contribution in [1.82, 2.24) is 5.32 Å². The number of aryl methyl sites for hydroxylation is 1. The third kappa shape index (κ3) is 2.55. The van der Waals surface area contributed by atoms with Crippen molar-refractivity contribution in [3.05, 3.63) is 29.8 Å². The predicted molar refractivity (Wildman–Crippen MR) is 77.4 cm³/mol. The van der Waals surface area contributed by atoms with Gasteiger partial charge in [-0.1, -0.05) is 25.5 Å². The topological polar surface area (TPSA) is 49.4 Å². The number of carbonyl (C=O) groups is 2. The van der Waals surface area contributed by atoms with Crippen LogP contribution >= 0.6 is 0 Å². The van der Waals surface area contributed by atoms with Crippen LogP contribution in [0.3, 0.4) is 0 Å². The number of benzene rings is 1. The van der Waals surface area contributed by atoms with E-state index in [1.165, 1.54) is 5.56 Å². The molecule has 4 heteroatoms. The fourth-order valence-corrected chi connectivity index (χ4v) is 2.77. The Labute approximate surface area is 119 Å². The fraction of sp³-hybridized carbons (Fsp3) is 0.500. The first kappa shape index (κ1) is 13.2. The largest absolute Gasteiger partial charge is 0.342 e. The summed E-state index contributed by atoms with van der Waals surface area (Å²) in [5.74, 6) is 0.322. The van der Waals surface area contributed by atoms with E-state index in [0.717, 1.165) is 31.4 Å². The number of amides is 2. The first-order chi connectivity index (χ1) is 9.69. The third-order valence-electron chi connectivity index (χ3n) is 4.03. The quantitative estimate of drug-likeness (QED) is 0.910. The van der Waals surface area contributed by atoms with Crippen LogP contribution in [0, 0.1) is 5.92 Å². The first-order valence-electron chi connectivity index (χ1n) is 7.38. The van der Waals surface area contributed by atoms with E-state index in [-0.39, 0.29) is 24.4 Å². The van der Waals surface area contributed by atoms with Gasteiger partial charge >= 0.3 is 0 Å². The van der Waals surface area contributed by atoms with Gasteiger partial charge in [-0.05, 0) is 42.9 Å². The van der Waals surface area contributed by atoms with Gasteiger partial charge in [0.1, 0.15) is 12.6 Å². The zero-order chi connectivity index (χ0) is 14.1. The van der Waals surface area contributed by atoms with Crippen molar-refractivity contribution in [2.24, 2.45) is 5.92 Å². The Morgan fingerprint density at radius 1 is 1.20 bits per heavy atom. The summed E-state index contributed by atoms with van der Waals surface area (Å²) < 4.78 is 0. The lowest BCUT2D eigenvalue weighted by atomic mass is 10.1. The van der Waals surface area contributed by atoms with Gasteiger partial charge in [0.25, 0.3) is 0 Å². The molecule has 1 saturated heterocycles. The van der Waals surface area contributed by atoms with Gasteiger partial charge in [-0.25, -0.2) is 0 Å². The second kappa shape index (κ2) is 5.27. The lowest BCUT2D eigenvalue weighted by molar-refractivity contribution is -0.131. The molecule has 1 aromatic carbocycles. The molecule has 4 nitrogen and oxygen atoms in total. The van der Waals surface area contributed by atoms with E-state index in [0.29, 0.717) is 5.92 Å². The van der Waals surface area contributed by atoms with E-state index in [1.807, 2.05) is 24.3 Å². The zero-order valence-electron chi connectivity index (χ0n) is 11.8. The van der Waals surface area contributed by atoms with Gasteiger partial charge < -0.3 is 10.2 Å². The number of hydrogen-bond donors (Lipinski definition) is 1. The summed E-state index contributed by atoms with van der Waals surface area (Å²) in [6.45, 7) is 2.28. The molecule has 106 valence electrons. The molecule has 3 rings (SSSR count). The summed E-state index contributed by atoms with van der Waals surface area (Å²) >= 11 is 0. The highest BCUT2D eigenvalue weighted by Gasteiger charge is 2.42. The van der Waals surface area contributed by atoms with Crippen LogP contribution < -0.4 is 10.2 Å². The minimum atomic E-state index is -0.313. The van der Waals surface area contributed by atoms with Crippen LogP contribution in [0.1, 0.15) is 31.7 Å². The molecule has 0 radical (unpaired) electrons. The fourth-order valence-electron chi connectivity index (χ4n) is 2.77. The SMILES string of the molecule is CCCc1ccc(N2CC(=O)NC(C3CC3)C2=O)cc1. The van der Waals surface area contributed by atoms with Crippen molar-refractivity contribution in [2.45, 2.75) is 38.6 Å². The van der Waals surface area contributed by atoms with Crippen LogP contribution in [-0.4, -0.2) is 24.4 Å². The van der Waals surface area contributed by atoms with Gasteiger partial charge in [-0.3, -0.25) is 9.59 Å². The van der Waals surface area contributed by atoms with E-state index in [9.17, 15) is 9.59 Å². The molecule has 1 aliphatic heterocycles. The molecule has 0 spiro atoms. The van der Waals surface area contributed by atoms with Crippen molar-refractivity contribution in [1.29, 1.82) is 0 Å². The van der Waals surface area contributed by atoms with E-state index in [2.05, 4.69) is 12.2 Å². The van der Waals surface area contributed by atoms with Crippen LogP contribution in [0.15, 0.2) is 24.3 Å². The molecule has 2 amide bonds. The average Bonchev–Trinajstić information content (AvgIpc) is 3.27. The Bertz CT molecular complexity index is 520. The highest BCUT2D eigenvalue weighted by Crippen LogP contribution is 2.35. The summed E-state index contributed by atoms with van der Waals surface area (Å²) in [4.78, 5) is 25.9. The number of nitrogens with zero attached hydrogens (tertiary/aromatic N) is 1. The maximum atomic E-state index is 12.5. The second-order valence-electron chi connectivity index (χ2n) is 5.72. The van der Waals surface area contributed by atoms with Crippen LogP contribution in [0.2, 0.25) is 0 Å². The maximum absolute atomic E-state index is 12.5. The molecule has 2 fully saturated rings. The van der Waals surface area contributed by atoms with E-state index in [1.54, 1.807) is 4.90 Å². The smallest absolute Gasteiger partial charge is 0.250 e. The normalized spacial score (nSPS) is 22.9. The summed E-state index contributed by atoms with van der Waals surface area (Å²) in [5.41, 5.74) is 2.10. The molecule has 2 aliphatic rings. The monoisotopic (exact) mass is 272 g/mol. The first-order valence-corrected chi connectivity index (χ1v) is 7.38. The molecule has 1 saturated carbocycles. The van der Waals surface area contributed by atoms with E-state index in [4.69, 9.17) is 0 Å². The van der Waals surface area contributed by atoms with Gasteiger partial charge in [0.05, 0.1) is 0 Å². The number of nitrogens with one attached hydrogen (secondary N) is 1. The summed E-state index contributed by atoms with van der Waals surface area (Å²) in [5, 5.41) is 2.83. The summed E-state index contributed by atoms with van der Waals surface area (Å²) in [6, 6.07) is 7.68. The van der Waals surface area contributed by atoms with Crippen molar-refractivity contribution < 1.29 is 9.59 Å². The number of carbonyl (C=O) groups excluding carboxylic acids is 2. The van der Waals surface area contributed by atoms with Gasteiger partial charge in [0.2, 0.25) is 11.8 Å². The summed E-state index contributed by atoms with van der Waals surface area (Å²) in [6.07, 6.45) is 4.23. The van der Waals surface area contributed by atoms with Gasteiger partial charge in [-0.15, -0.1) is 0 Å². The molecular formula is C16H20N2O2. The standard InChI is InChI=1S/C16H20N2O2/c1-2-3-11-4-8-13(9-5-11)18-10-14(19)17-15(16(18)20)12-6-7-12/h4-5,8-9,12,15H,2-3,6-7,10H2,1H3,(H,17,19). The van der Waals surface area contributed by atoms with Crippen LogP contribution in [-0.2, 0) is 16.0 Å². The lowest BCUT2D eigenvalue weighted by Crippen LogP contribution is -2.59. The maximum Gasteiger partial charge on any atom is 0.250 e. The second-order valence-corrected chi connectivity index (χ2v) is 5.72. The van der Waals surface area contributed by atoms with E-state index < -0.39 is 0 Å². The van der Waals surface area contributed by atoms with Crippen molar-refractivity contribution in [3.8, 4) is 0 Å². The van der Waals surface area contributed by atoms with Crippen LogP contribution in [0.4, 0.5) is 5.69 Å². The molecule has 1 atom stereocenters. The number of hydrogen-bond acceptors (Lipinski definition) is 2. The van der Waals surface area contributed by atoms with Crippen molar-refractivity contribution in [3.63, 3.8) is 0 Å².